The Kier molecular flexibility index (Phi) is 5.79. The summed E-state index contributed by atoms with van der Waals surface area (Å²) in [4.78, 5) is 18.0. The topological polar surface area (TPSA) is 160 Å². The lowest BCUT2D eigenvalue weighted by Gasteiger charge is -2.12. The second-order valence-electron chi connectivity index (χ2n) is 7.61. The van der Waals surface area contributed by atoms with E-state index in [2.05, 4.69) is 24.7 Å². The molecule has 0 radical (unpaired) electrons. The number of benzene rings is 1. The first-order chi connectivity index (χ1) is 16.3. The van der Waals surface area contributed by atoms with Crippen LogP contribution in [0.2, 0.25) is 0 Å². The van der Waals surface area contributed by atoms with Gasteiger partial charge in [-0.2, -0.15) is 0 Å². The van der Waals surface area contributed by atoms with Crippen molar-refractivity contribution in [1.29, 1.82) is 0 Å². The molecule has 0 saturated heterocycles. The fraction of sp³-hybridized carbons (Fsp3) is 0.300. The zero-order valence-electron chi connectivity index (χ0n) is 18.3. The highest BCUT2D eigenvalue weighted by atomic mass is 32.2. The van der Waals surface area contributed by atoms with Crippen LogP contribution in [0.4, 0.5) is 5.82 Å². The van der Waals surface area contributed by atoms with Crippen LogP contribution in [0.1, 0.15) is 13.8 Å². The molecule has 178 valence electrons. The number of hydrogen-bond acceptors (Lipinski definition) is 11. The number of nitrogens with two attached hydrogens (primary N) is 1. The molecular weight excluding hydrogens is 482 g/mol. The van der Waals surface area contributed by atoms with Gasteiger partial charge in [0.15, 0.2) is 33.6 Å². The number of anilines is 1. The zero-order valence-corrected chi connectivity index (χ0v) is 19.9. The van der Waals surface area contributed by atoms with E-state index in [1.807, 2.05) is 6.07 Å². The Balaban J connectivity index is 1.55. The van der Waals surface area contributed by atoms with Crippen molar-refractivity contribution in [3.63, 3.8) is 0 Å². The number of nitrogens with zero attached hydrogens (tertiary/aromatic N) is 5. The van der Waals surface area contributed by atoms with Crippen LogP contribution in [0.3, 0.4) is 0 Å². The van der Waals surface area contributed by atoms with E-state index in [4.69, 9.17) is 19.6 Å². The van der Waals surface area contributed by atoms with Crippen molar-refractivity contribution in [2.45, 2.75) is 35.7 Å². The summed E-state index contributed by atoms with van der Waals surface area (Å²) in [5, 5.41) is -0.00607. The number of imidazole rings is 1. The van der Waals surface area contributed by atoms with Gasteiger partial charge in [0.05, 0.1) is 17.0 Å². The van der Waals surface area contributed by atoms with E-state index in [0.29, 0.717) is 39.3 Å². The number of fused-ring (bicyclic) bond motifs is 2. The number of nitrogens with one attached hydrogen (secondary N) is 1. The van der Waals surface area contributed by atoms with Crippen LogP contribution >= 0.6 is 11.8 Å². The summed E-state index contributed by atoms with van der Waals surface area (Å²) >= 11 is 1.32. The third kappa shape index (κ3) is 4.15. The smallest absolute Gasteiger partial charge is 0.231 e. The van der Waals surface area contributed by atoms with Crippen LogP contribution < -0.4 is 19.9 Å². The van der Waals surface area contributed by atoms with Crippen molar-refractivity contribution >= 4 is 38.8 Å². The summed E-state index contributed by atoms with van der Waals surface area (Å²) in [5.74, 6) is 1.81. The second kappa shape index (κ2) is 8.77. The summed E-state index contributed by atoms with van der Waals surface area (Å²) in [6.07, 6.45) is 4.39. The maximum Gasteiger partial charge on any atom is 0.231 e. The third-order valence-electron chi connectivity index (χ3n) is 5.12. The Morgan fingerprint density at radius 3 is 2.74 bits per heavy atom. The number of sulfonamides is 1. The fourth-order valence-corrected chi connectivity index (χ4v) is 5.06. The first kappa shape index (κ1) is 22.4. The summed E-state index contributed by atoms with van der Waals surface area (Å²) in [6, 6.07) is 3.63. The van der Waals surface area contributed by atoms with Gasteiger partial charge in [0.25, 0.3) is 0 Å². The minimum atomic E-state index is -3.43. The Bertz CT molecular complexity index is 1450. The quantitative estimate of drug-likeness (QED) is 0.363. The molecule has 34 heavy (non-hydrogen) atoms. The first-order valence-electron chi connectivity index (χ1n) is 10.3. The Morgan fingerprint density at radius 2 is 2.00 bits per heavy atom. The van der Waals surface area contributed by atoms with Crippen LogP contribution in [0, 0.1) is 0 Å². The summed E-state index contributed by atoms with van der Waals surface area (Å²) < 4.78 is 45.4. The number of oxazole rings is 1. The normalized spacial score (nSPS) is 13.3. The highest BCUT2D eigenvalue weighted by Crippen LogP contribution is 2.44. The van der Waals surface area contributed by atoms with Gasteiger partial charge in [-0.1, -0.05) is 11.8 Å². The molecule has 3 aromatic heterocycles. The lowest BCUT2D eigenvalue weighted by Crippen LogP contribution is -2.33. The molecule has 4 heterocycles. The number of rotatable bonds is 8. The molecule has 4 aromatic rings. The Labute approximate surface area is 199 Å². The molecule has 1 aliphatic heterocycles. The molecule has 1 aromatic carbocycles. The lowest BCUT2D eigenvalue weighted by molar-refractivity contribution is 0.174. The molecule has 12 nitrogen and oxygen atoms in total. The average Bonchev–Trinajstić information content (AvgIpc) is 3.54. The molecule has 5 rings (SSSR count). The van der Waals surface area contributed by atoms with Crippen molar-refractivity contribution in [2.24, 2.45) is 0 Å². The zero-order chi connectivity index (χ0) is 23.9. The molecule has 0 amide bonds. The molecule has 0 unspecified atom stereocenters. The molecule has 0 aliphatic carbocycles. The van der Waals surface area contributed by atoms with Gasteiger partial charge in [-0.15, -0.1) is 0 Å². The summed E-state index contributed by atoms with van der Waals surface area (Å²) in [5.41, 5.74) is 7.66. The van der Waals surface area contributed by atoms with Crippen molar-refractivity contribution in [1.82, 2.24) is 29.2 Å². The number of hydrogen-bond donors (Lipinski definition) is 2. The van der Waals surface area contributed by atoms with Crippen LogP contribution in [-0.4, -0.2) is 51.5 Å². The van der Waals surface area contributed by atoms with Crippen molar-refractivity contribution in [2.75, 3.05) is 19.1 Å². The SMILES string of the molecule is CC(C)S(=O)(=O)NCCn1c(Sc2cc3c(cc2-c2ncco2)OCO3)nc2c(N)ncnc21. The maximum absolute atomic E-state index is 12.2. The van der Waals surface area contributed by atoms with Crippen LogP contribution in [-0.2, 0) is 16.6 Å². The van der Waals surface area contributed by atoms with Gasteiger partial charge in [-0.05, 0) is 26.0 Å². The van der Waals surface area contributed by atoms with Crippen molar-refractivity contribution < 1.29 is 22.3 Å². The monoisotopic (exact) mass is 503 g/mol. The third-order valence-corrected chi connectivity index (χ3v) is 8.02. The Hall–Kier alpha value is -3.36. The molecule has 0 fully saturated rings. The minimum Gasteiger partial charge on any atom is -0.454 e. The molecule has 0 bridgehead atoms. The van der Waals surface area contributed by atoms with Crippen molar-refractivity contribution in [3.05, 3.63) is 30.9 Å². The molecule has 0 spiro atoms. The first-order valence-corrected chi connectivity index (χ1v) is 12.7. The fourth-order valence-electron chi connectivity index (χ4n) is 3.31. The van der Waals surface area contributed by atoms with E-state index in [1.165, 1.54) is 24.4 Å². The van der Waals surface area contributed by atoms with Gasteiger partial charge in [0.2, 0.25) is 22.7 Å². The van der Waals surface area contributed by atoms with Crippen LogP contribution in [0.25, 0.3) is 22.6 Å². The van der Waals surface area contributed by atoms with E-state index >= 15 is 0 Å². The number of nitrogen functional groups attached to an aromatic ring is 1. The summed E-state index contributed by atoms with van der Waals surface area (Å²) in [7, 11) is -3.43. The number of ether oxygens (including phenoxy) is 2. The van der Waals surface area contributed by atoms with Gasteiger partial charge < -0.3 is 24.2 Å². The lowest BCUT2D eigenvalue weighted by atomic mass is 10.2. The molecular formula is C20H21N7O5S2. The van der Waals surface area contributed by atoms with E-state index < -0.39 is 15.3 Å². The van der Waals surface area contributed by atoms with Gasteiger partial charge in [0.1, 0.15) is 12.6 Å². The molecule has 0 atom stereocenters. The van der Waals surface area contributed by atoms with E-state index in [0.717, 1.165) is 4.90 Å². The van der Waals surface area contributed by atoms with E-state index in [1.54, 1.807) is 30.7 Å². The highest BCUT2D eigenvalue weighted by molar-refractivity contribution is 7.99. The average molecular weight is 504 g/mol. The van der Waals surface area contributed by atoms with E-state index in [-0.39, 0.29) is 25.7 Å². The molecule has 14 heteroatoms. The second-order valence-corrected chi connectivity index (χ2v) is 10.9. The summed E-state index contributed by atoms with van der Waals surface area (Å²) in [6.45, 7) is 3.79. The standard InChI is InChI=1S/C20H21N7O5S2/c1-11(2)34(28,29)25-3-5-27-18-16(17(21)23-9-24-18)26-20(27)33-15-8-14-13(31-10-32-14)7-12(15)19-22-4-6-30-19/h4,6-9,11,25H,3,5,10H2,1-2H3,(H2,21,23,24). The largest absolute Gasteiger partial charge is 0.454 e. The highest BCUT2D eigenvalue weighted by Gasteiger charge is 2.24. The van der Waals surface area contributed by atoms with E-state index in [9.17, 15) is 8.42 Å². The maximum atomic E-state index is 12.2. The van der Waals surface area contributed by atoms with Gasteiger partial charge in [-0.3, -0.25) is 0 Å². The van der Waals surface area contributed by atoms with Crippen molar-refractivity contribution in [3.8, 4) is 23.0 Å². The van der Waals surface area contributed by atoms with Gasteiger partial charge in [0, 0.05) is 18.0 Å². The molecule has 3 N–H and O–H groups in total. The van der Waals surface area contributed by atoms with Gasteiger partial charge in [-0.25, -0.2) is 33.1 Å². The van der Waals surface area contributed by atoms with Crippen LogP contribution in [0.5, 0.6) is 11.5 Å². The Morgan fingerprint density at radius 1 is 1.21 bits per heavy atom. The van der Waals surface area contributed by atoms with Crippen LogP contribution in [0.15, 0.2) is 45.4 Å². The van der Waals surface area contributed by atoms with Gasteiger partial charge >= 0.3 is 0 Å². The predicted molar refractivity (Wildman–Crippen MR) is 124 cm³/mol. The minimum absolute atomic E-state index is 0.120. The predicted octanol–water partition coefficient (Wildman–Crippen LogP) is 2.27. The molecule has 1 aliphatic rings. The number of aromatic nitrogens is 5. The molecule has 0 saturated carbocycles.